The molecule has 0 radical (unpaired) electrons. The number of hydrogen-bond acceptors (Lipinski definition) is 6. The van der Waals surface area contributed by atoms with Gasteiger partial charge in [-0.05, 0) is 48.9 Å². The Morgan fingerprint density at radius 2 is 1.88 bits per heavy atom. The van der Waals surface area contributed by atoms with Crippen LogP contribution >= 0.6 is 11.6 Å². The molecule has 3 aliphatic rings. The fourth-order valence-corrected chi connectivity index (χ4v) is 6.01. The lowest BCUT2D eigenvalue weighted by Gasteiger charge is -2.39. The maximum atomic E-state index is 14.3. The van der Waals surface area contributed by atoms with E-state index in [9.17, 15) is 23.8 Å². The number of amides is 2. The smallest absolute Gasteiger partial charge is 0.264 e. The van der Waals surface area contributed by atoms with Crippen LogP contribution in [0, 0.1) is 10.8 Å². The molecule has 0 bridgehead atoms. The van der Waals surface area contributed by atoms with Gasteiger partial charge in [-0.15, -0.1) is 11.6 Å². The molecule has 0 unspecified atom stereocenters. The Morgan fingerprint density at radius 3 is 2.49 bits per heavy atom. The van der Waals surface area contributed by atoms with Gasteiger partial charge in [0.2, 0.25) is 11.8 Å². The summed E-state index contributed by atoms with van der Waals surface area (Å²) in [5.74, 6) is -0.00110. The molecule has 3 heterocycles. The van der Waals surface area contributed by atoms with Crippen molar-refractivity contribution < 1.29 is 18.4 Å². The van der Waals surface area contributed by atoms with Crippen LogP contribution in [0.1, 0.15) is 55.7 Å². The van der Waals surface area contributed by atoms with Gasteiger partial charge >= 0.3 is 0 Å². The standard InChI is InChI=1S/C29H38ClF2N7O2/c1-18(40)38-11-7-25(36-21-5-9-37(10-6-21)27(41)14-30)24(17-38)29(34)39-8-3-4-19-12-22(20(15-33)16-35-2)23(28(31)32)13-26(19)39/h12-13,15-16,21,28,33-36H,3-11,14,17H2,1-2H3/b20-16+,33-15?,34-29?. The molecule has 1 fully saturated rings. The molecule has 0 aliphatic carbocycles. The van der Waals surface area contributed by atoms with E-state index in [-0.39, 0.29) is 41.7 Å². The topological polar surface area (TPSA) is 116 Å². The minimum absolute atomic E-state index is 0.0357. The first-order chi connectivity index (χ1) is 19.7. The zero-order valence-electron chi connectivity index (χ0n) is 23.5. The number of nitrogens with one attached hydrogen (secondary N) is 4. The number of aryl methyl sites for hydroxylation is 1. The molecular formula is C29H38ClF2N7O2. The largest absolute Gasteiger partial charge is 0.393 e. The van der Waals surface area contributed by atoms with Crippen molar-refractivity contribution in [1.82, 2.24) is 20.4 Å². The third-order valence-electron chi connectivity index (χ3n) is 8.06. The molecule has 1 aromatic rings. The predicted molar refractivity (Wildman–Crippen MR) is 158 cm³/mol. The normalized spacial score (nSPS) is 18.4. The molecule has 0 saturated carbocycles. The van der Waals surface area contributed by atoms with Crippen molar-refractivity contribution in [2.75, 3.05) is 50.6 Å². The van der Waals surface area contributed by atoms with Crippen molar-refractivity contribution >= 4 is 46.7 Å². The van der Waals surface area contributed by atoms with Gasteiger partial charge in [-0.25, -0.2) is 8.78 Å². The van der Waals surface area contributed by atoms with Gasteiger partial charge < -0.3 is 30.7 Å². The second-order valence-electron chi connectivity index (χ2n) is 10.6. The Kier molecular flexibility index (Phi) is 10.0. The summed E-state index contributed by atoms with van der Waals surface area (Å²) < 4.78 is 28.6. The maximum absolute atomic E-state index is 14.3. The Labute approximate surface area is 244 Å². The molecule has 12 heteroatoms. The number of benzene rings is 1. The zero-order valence-corrected chi connectivity index (χ0v) is 24.3. The summed E-state index contributed by atoms with van der Waals surface area (Å²) in [6.07, 6.45) is 3.27. The van der Waals surface area contributed by atoms with Crippen molar-refractivity contribution in [3.05, 3.63) is 46.3 Å². The van der Waals surface area contributed by atoms with Crippen molar-refractivity contribution in [1.29, 1.82) is 10.8 Å². The van der Waals surface area contributed by atoms with Crippen LogP contribution in [0.4, 0.5) is 14.5 Å². The van der Waals surface area contributed by atoms with Gasteiger partial charge in [0.15, 0.2) is 0 Å². The number of alkyl halides is 3. The summed E-state index contributed by atoms with van der Waals surface area (Å²) in [5, 5.41) is 23.5. The van der Waals surface area contributed by atoms with Crippen LogP contribution in [0.5, 0.6) is 0 Å². The highest BCUT2D eigenvalue weighted by Crippen LogP contribution is 2.38. The fraction of sp³-hybridized carbons (Fsp3) is 0.517. The summed E-state index contributed by atoms with van der Waals surface area (Å²) in [4.78, 5) is 29.5. The van der Waals surface area contributed by atoms with Gasteiger partial charge in [0, 0.05) is 93.1 Å². The molecule has 9 nitrogen and oxygen atoms in total. The number of anilines is 1. The first kappa shape index (κ1) is 30.5. The van der Waals surface area contributed by atoms with Gasteiger partial charge in [0.25, 0.3) is 6.43 Å². The van der Waals surface area contributed by atoms with Crippen molar-refractivity contribution in [2.24, 2.45) is 0 Å². The second-order valence-corrected chi connectivity index (χ2v) is 10.9. The van der Waals surface area contributed by atoms with Crippen LogP contribution in [0.3, 0.4) is 0 Å². The van der Waals surface area contributed by atoms with Gasteiger partial charge in [-0.2, -0.15) is 0 Å². The summed E-state index contributed by atoms with van der Waals surface area (Å²) in [7, 11) is 1.66. The Balaban J connectivity index is 1.67. The van der Waals surface area contributed by atoms with Gasteiger partial charge in [-0.1, -0.05) is 0 Å². The summed E-state index contributed by atoms with van der Waals surface area (Å²) in [6, 6.07) is 3.28. The van der Waals surface area contributed by atoms with Crippen molar-refractivity contribution in [2.45, 2.75) is 51.5 Å². The number of carbonyl (C=O) groups is 2. The van der Waals surface area contributed by atoms with E-state index in [1.54, 1.807) is 27.8 Å². The van der Waals surface area contributed by atoms with E-state index >= 15 is 0 Å². The van der Waals surface area contributed by atoms with Crippen molar-refractivity contribution in [3.8, 4) is 0 Å². The van der Waals surface area contributed by atoms with Gasteiger partial charge in [0.1, 0.15) is 11.7 Å². The third kappa shape index (κ3) is 6.72. The fourth-order valence-electron chi connectivity index (χ4n) is 5.84. The summed E-state index contributed by atoms with van der Waals surface area (Å²) in [6.45, 7) is 3.98. The van der Waals surface area contributed by atoms with Crippen molar-refractivity contribution in [3.63, 3.8) is 0 Å². The number of likely N-dealkylation sites (tertiary alicyclic amines) is 1. The lowest BCUT2D eigenvalue weighted by molar-refractivity contribution is -0.129. The minimum atomic E-state index is -2.76. The number of rotatable bonds is 8. The van der Waals surface area contributed by atoms with Crippen LogP contribution in [-0.4, -0.2) is 85.4 Å². The molecule has 41 heavy (non-hydrogen) atoms. The Hall–Kier alpha value is -3.47. The monoisotopic (exact) mass is 589 g/mol. The molecule has 222 valence electrons. The lowest BCUT2D eigenvalue weighted by atomic mass is 9.91. The first-order valence-corrected chi connectivity index (χ1v) is 14.5. The summed E-state index contributed by atoms with van der Waals surface area (Å²) in [5.41, 5.74) is 3.44. The lowest BCUT2D eigenvalue weighted by Crippen LogP contribution is -2.48. The van der Waals surface area contributed by atoms with E-state index in [4.69, 9.17) is 17.0 Å². The second kappa shape index (κ2) is 13.5. The minimum Gasteiger partial charge on any atom is -0.393 e. The molecule has 4 rings (SSSR count). The van der Waals surface area contributed by atoms with Crippen LogP contribution in [0.15, 0.2) is 29.6 Å². The van der Waals surface area contributed by atoms with Gasteiger partial charge in [0.05, 0.1) is 6.54 Å². The van der Waals surface area contributed by atoms with E-state index in [0.29, 0.717) is 61.4 Å². The molecule has 0 spiro atoms. The number of fused-ring (bicyclic) bond motifs is 1. The molecular weight excluding hydrogens is 552 g/mol. The van der Waals surface area contributed by atoms with Crippen LogP contribution in [-0.2, 0) is 16.0 Å². The SMILES string of the molecule is CN/C=C(\C=N)c1cc2c(cc1C(F)F)N(C(=N)C1=C(NC3CCN(C(=O)CCl)CC3)CCN(C(C)=O)C1)CCC2. The average Bonchev–Trinajstić information content (AvgIpc) is 2.98. The molecule has 3 aliphatic heterocycles. The number of allylic oxidation sites excluding steroid dienone is 1. The summed E-state index contributed by atoms with van der Waals surface area (Å²) >= 11 is 5.72. The van der Waals surface area contributed by atoms with Crippen LogP contribution in [0.25, 0.3) is 5.57 Å². The molecule has 0 aromatic heterocycles. The Bertz CT molecular complexity index is 1260. The zero-order chi connectivity index (χ0) is 29.7. The Morgan fingerprint density at radius 1 is 1.15 bits per heavy atom. The van der Waals surface area contributed by atoms with E-state index in [1.807, 2.05) is 0 Å². The number of carbonyl (C=O) groups excluding carboxylic acids is 2. The number of hydrogen-bond donors (Lipinski definition) is 4. The highest BCUT2D eigenvalue weighted by Gasteiger charge is 2.32. The van der Waals surface area contributed by atoms with E-state index in [0.717, 1.165) is 36.7 Å². The number of amidine groups is 1. The first-order valence-electron chi connectivity index (χ1n) is 14.0. The highest BCUT2D eigenvalue weighted by molar-refractivity contribution is 6.27. The molecule has 1 saturated heterocycles. The maximum Gasteiger partial charge on any atom is 0.264 e. The van der Waals surface area contributed by atoms with E-state index < -0.39 is 6.43 Å². The predicted octanol–water partition coefficient (Wildman–Crippen LogP) is 3.89. The molecule has 1 aromatic carbocycles. The number of halogens is 3. The quantitative estimate of drug-likeness (QED) is 0.209. The number of nitrogens with zero attached hydrogens (tertiary/aromatic N) is 3. The number of piperidine rings is 1. The van der Waals surface area contributed by atoms with E-state index in [1.165, 1.54) is 19.2 Å². The average molecular weight is 590 g/mol. The van der Waals surface area contributed by atoms with Crippen LogP contribution < -0.4 is 15.5 Å². The molecule has 2 amide bonds. The van der Waals surface area contributed by atoms with Gasteiger partial charge in [-0.3, -0.25) is 15.0 Å². The molecule has 0 atom stereocenters. The van der Waals surface area contributed by atoms with E-state index in [2.05, 4.69) is 10.6 Å². The van der Waals surface area contributed by atoms with Crippen LogP contribution in [0.2, 0.25) is 0 Å². The molecule has 4 N–H and O–H groups in total. The third-order valence-corrected chi connectivity index (χ3v) is 8.29. The highest BCUT2D eigenvalue weighted by atomic mass is 35.5.